The molecule has 0 spiro atoms. The summed E-state index contributed by atoms with van der Waals surface area (Å²) in [5.41, 5.74) is 0. The van der Waals surface area contributed by atoms with Crippen LogP contribution in [0.3, 0.4) is 0 Å². The van der Waals surface area contributed by atoms with Crippen LogP contribution in [-0.2, 0) is 0 Å². The molecule has 0 amide bonds. The van der Waals surface area contributed by atoms with Crippen molar-refractivity contribution in [1.29, 1.82) is 0 Å². The van der Waals surface area contributed by atoms with E-state index in [0.717, 1.165) is 6.04 Å². The van der Waals surface area contributed by atoms with Crippen molar-refractivity contribution in [2.45, 2.75) is 89.5 Å². The highest BCUT2D eigenvalue weighted by Gasteiger charge is 2.05. The molecule has 0 aromatic carbocycles. The average Bonchev–Trinajstić information content (AvgIpc) is 2.32. The summed E-state index contributed by atoms with van der Waals surface area (Å²) >= 11 is 0. The molecule has 1 aliphatic carbocycles. The Hall–Kier alpha value is -0.0400. The Kier molecular flexibility index (Phi) is 8.88. The number of nitrogens with one attached hydrogen (secondary N) is 1. The SMILES string of the molecule is CNC1CCCCCCCCCCCCC1. The Bertz CT molecular complexity index is 130. The number of hydrogen-bond donors (Lipinski definition) is 1. The molecule has 0 aromatic rings. The summed E-state index contributed by atoms with van der Waals surface area (Å²) in [7, 11) is 2.13. The van der Waals surface area contributed by atoms with Crippen LogP contribution in [0, 0.1) is 0 Å². The smallest absolute Gasteiger partial charge is 0.00640 e. The van der Waals surface area contributed by atoms with E-state index in [2.05, 4.69) is 12.4 Å². The van der Waals surface area contributed by atoms with E-state index in [-0.39, 0.29) is 0 Å². The Balaban J connectivity index is 2.16. The van der Waals surface area contributed by atoms with Crippen LogP contribution >= 0.6 is 0 Å². The molecule has 0 saturated heterocycles. The van der Waals surface area contributed by atoms with Gasteiger partial charge in [-0.1, -0.05) is 70.6 Å². The molecule has 16 heavy (non-hydrogen) atoms. The lowest BCUT2D eigenvalue weighted by molar-refractivity contribution is 0.428. The minimum absolute atomic E-state index is 0.794. The molecule has 0 aliphatic heterocycles. The second kappa shape index (κ2) is 10.1. The van der Waals surface area contributed by atoms with Gasteiger partial charge in [-0.05, 0) is 19.9 Å². The van der Waals surface area contributed by atoms with Crippen LogP contribution in [0.1, 0.15) is 83.5 Å². The summed E-state index contributed by atoms with van der Waals surface area (Å²) in [6.07, 6.45) is 18.9. The van der Waals surface area contributed by atoms with Gasteiger partial charge < -0.3 is 5.32 Å². The van der Waals surface area contributed by atoms with E-state index >= 15 is 0 Å². The zero-order valence-electron chi connectivity index (χ0n) is 11.3. The maximum absolute atomic E-state index is 3.48. The Morgan fingerprint density at radius 2 is 0.875 bits per heavy atom. The van der Waals surface area contributed by atoms with Gasteiger partial charge in [0, 0.05) is 6.04 Å². The molecule has 0 aromatic heterocycles. The average molecular weight is 225 g/mol. The van der Waals surface area contributed by atoms with Gasteiger partial charge >= 0.3 is 0 Å². The van der Waals surface area contributed by atoms with Gasteiger partial charge in [-0.25, -0.2) is 0 Å². The molecular weight excluding hydrogens is 194 g/mol. The zero-order valence-corrected chi connectivity index (χ0v) is 11.3. The van der Waals surface area contributed by atoms with Gasteiger partial charge in [0.2, 0.25) is 0 Å². The van der Waals surface area contributed by atoms with Crippen LogP contribution in [-0.4, -0.2) is 13.1 Å². The van der Waals surface area contributed by atoms with Gasteiger partial charge in [-0.15, -0.1) is 0 Å². The summed E-state index contributed by atoms with van der Waals surface area (Å²) in [5, 5.41) is 3.48. The lowest BCUT2D eigenvalue weighted by atomic mass is 9.98. The topological polar surface area (TPSA) is 12.0 Å². The third kappa shape index (κ3) is 7.27. The second-order valence-electron chi connectivity index (χ2n) is 5.45. The van der Waals surface area contributed by atoms with E-state index in [9.17, 15) is 0 Å². The molecule has 1 aliphatic rings. The first-order valence-corrected chi connectivity index (χ1v) is 7.61. The lowest BCUT2D eigenvalue weighted by Gasteiger charge is -2.16. The van der Waals surface area contributed by atoms with Crippen molar-refractivity contribution in [2.75, 3.05) is 7.05 Å². The highest BCUT2D eigenvalue weighted by atomic mass is 14.9. The molecule has 96 valence electrons. The van der Waals surface area contributed by atoms with Crippen LogP contribution in [0.5, 0.6) is 0 Å². The first kappa shape index (κ1) is 14.0. The molecule has 0 unspecified atom stereocenters. The third-order valence-electron chi connectivity index (χ3n) is 4.01. The van der Waals surface area contributed by atoms with Crippen molar-refractivity contribution in [1.82, 2.24) is 5.32 Å². The van der Waals surface area contributed by atoms with Crippen LogP contribution in [0.4, 0.5) is 0 Å². The highest BCUT2D eigenvalue weighted by Crippen LogP contribution is 2.16. The molecule has 1 nitrogen and oxygen atoms in total. The predicted molar refractivity (Wildman–Crippen MR) is 72.9 cm³/mol. The van der Waals surface area contributed by atoms with E-state index in [1.54, 1.807) is 0 Å². The summed E-state index contributed by atoms with van der Waals surface area (Å²) in [4.78, 5) is 0. The molecule has 0 radical (unpaired) electrons. The molecule has 1 saturated carbocycles. The van der Waals surface area contributed by atoms with Crippen LogP contribution in [0.25, 0.3) is 0 Å². The minimum atomic E-state index is 0.794. The molecule has 1 N–H and O–H groups in total. The zero-order chi connectivity index (χ0) is 11.5. The third-order valence-corrected chi connectivity index (χ3v) is 4.01. The molecule has 0 heterocycles. The fraction of sp³-hybridized carbons (Fsp3) is 1.00. The Labute approximate surface area is 102 Å². The fourth-order valence-electron chi connectivity index (χ4n) is 2.81. The minimum Gasteiger partial charge on any atom is -0.317 e. The second-order valence-corrected chi connectivity index (χ2v) is 5.45. The number of hydrogen-bond acceptors (Lipinski definition) is 1. The van der Waals surface area contributed by atoms with Gasteiger partial charge in [0.15, 0.2) is 0 Å². The summed E-state index contributed by atoms with van der Waals surface area (Å²) in [6.45, 7) is 0. The molecule has 1 heteroatoms. The maximum atomic E-state index is 3.48. The normalized spacial score (nSPS) is 23.8. The van der Waals surface area contributed by atoms with Gasteiger partial charge in [0.05, 0.1) is 0 Å². The van der Waals surface area contributed by atoms with Crippen molar-refractivity contribution in [2.24, 2.45) is 0 Å². The van der Waals surface area contributed by atoms with Crippen molar-refractivity contribution in [3.8, 4) is 0 Å². The number of rotatable bonds is 1. The van der Waals surface area contributed by atoms with E-state index in [1.807, 2.05) is 0 Å². The first-order valence-electron chi connectivity index (χ1n) is 7.61. The van der Waals surface area contributed by atoms with Crippen molar-refractivity contribution >= 4 is 0 Å². The monoisotopic (exact) mass is 225 g/mol. The first-order chi connectivity index (χ1) is 7.93. The standard InChI is InChI=1S/C15H31N/c1-16-15-13-11-9-7-5-3-2-4-6-8-10-12-14-15/h15-16H,2-14H2,1H3. The molecular formula is C15H31N. The van der Waals surface area contributed by atoms with E-state index < -0.39 is 0 Å². The highest BCUT2D eigenvalue weighted by molar-refractivity contribution is 4.65. The van der Waals surface area contributed by atoms with Crippen LogP contribution in [0.2, 0.25) is 0 Å². The maximum Gasteiger partial charge on any atom is 0.00640 e. The molecule has 1 fully saturated rings. The van der Waals surface area contributed by atoms with Crippen molar-refractivity contribution in [3.05, 3.63) is 0 Å². The summed E-state index contributed by atoms with van der Waals surface area (Å²) in [5.74, 6) is 0. The fourth-order valence-corrected chi connectivity index (χ4v) is 2.81. The van der Waals surface area contributed by atoms with E-state index in [1.165, 1.54) is 83.5 Å². The van der Waals surface area contributed by atoms with E-state index in [4.69, 9.17) is 0 Å². The molecule has 1 rings (SSSR count). The lowest BCUT2D eigenvalue weighted by Crippen LogP contribution is -2.24. The van der Waals surface area contributed by atoms with Gasteiger partial charge in [-0.3, -0.25) is 0 Å². The van der Waals surface area contributed by atoms with Crippen LogP contribution < -0.4 is 5.32 Å². The summed E-state index contributed by atoms with van der Waals surface area (Å²) < 4.78 is 0. The predicted octanol–water partition coefficient (Wildman–Crippen LogP) is 4.66. The molecule has 0 bridgehead atoms. The Morgan fingerprint density at radius 1 is 0.562 bits per heavy atom. The van der Waals surface area contributed by atoms with Crippen LogP contribution in [0.15, 0.2) is 0 Å². The van der Waals surface area contributed by atoms with E-state index in [0.29, 0.717) is 0 Å². The van der Waals surface area contributed by atoms with Gasteiger partial charge in [0.25, 0.3) is 0 Å². The van der Waals surface area contributed by atoms with Crippen molar-refractivity contribution < 1.29 is 0 Å². The Morgan fingerprint density at radius 3 is 1.19 bits per heavy atom. The largest absolute Gasteiger partial charge is 0.317 e. The summed E-state index contributed by atoms with van der Waals surface area (Å²) in [6, 6.07) is 0.794. The molecule has 0 atom stereocenters. The van der Waals surface area contributed by atoms with Crippen molar-refractivity contribution in [3.63, 3.8) is 0 Å². The van der Waals surface area contributed by atoms with Gasteiger partial charge in [-0.2, -0.15) is 0 Å². The van der Waals surface area contributed by atoms with Gasteiger partial charge in [0.1, 0.15) is 0 Å². The quantitative estimate of drug-likeness (QED) is 0.684.